The van der Waals surface area contributed by atoms with Gasteiger partial charge in [-0.05, 0) is 30.0 Å². The van der Waals surface area contributed by atoms with E-state index in [0.29, 0.717) is 0 Å². The van der Waals surface area contributed by atoms with E-state index < -0.39 is 0 Å². The highest BCUT2D eigenvalue weighted by Crippen LogP contribution is 2.30. The zero-order valence-corrected chi connectivity index (χ0v) is 11.8. The molecule has 0 aliphatic carbocycles. The smallest absolute Gasteiger partial charge is 0.119 e. The first-order valence-corrected chi connectivity index (χ1v) is 6.85. The van der Waals surface area contributed by atoms with E-state index >= 15 is 0 Å². The van der Waals surface area contributed by atoms with Crippen LogP contribution >= 0.6 is 0 Å². The fourth-order valence-electron chi connectivity index (χ4n) is 2.41. The number of nitrogens with zero attached hydrogens (tertiary/aromatic N) is 1. The molecule has 0 radical (unpaired) electrons. The topological polar surface area (TPSA) is 22.1 Å². The number of rotatable bonds is 3. The van der Waals surface area contributed by atoms with Crippen LogP contribution in [0.25, 0.3) is 22.0 Å². The molecule has 0 N–H and O–H groups in total. The van der Waals surface area contributed by atoms with E-state index in [9.17, 15) is 0 Å². The summed E-state index contributed by atoms with van der Waals surface area (Å²) < 4.78 is 5.34. The largest absolute Gasteiger partial charge is 0.497 e. The Morgan fingerprint density at radius 3 is 2.50 bits per heavy atom. The molecule has 20 heavy (non-hydrogen) atoms. The lowest BCUT2D eigenvalue weighted by atomic mass is 10.0. The van der Waals surface area contributed by atoms with Crippen LogP contribution in [0.3, 0.4) is 0 Å². The molecule has 0 fully saturated rings. The molecule has 0 atom stereocenters. The first-order chi connectivity index (χ1) is 9.81. The number of aryl methyl sites for hydroxylation is 1. The summed E-state index contributed by atoms with van der Waals surface area (Å²) in [6.45, 7) is 2.13. The lowest BCUT2D eigenvalue weighted by Crippen LogP contribution is -1.93. The van der Waals surface area contributed by atoms with Crippen LogP contribution < -0.4 is 4.74 Å². The van der Waals surface area contributed by atoms with Gasteiger partial charge in [-0.3, -0.25) is 4.98 Å². The third kappa shape index (κ3) is 2.25. The summed E-state index contributed by atoms with van der Waals surface area (Å²) in [4.78, 5) is 4.81. The van der Waals surface area contributed by atoms with Gasteiger partial charge in [-0.1, -0.05) is 43.3 Å². The minimum Gasteiger partial charge on any atom is -0.497 e. The Bertz CT molecular complexity index is 735. The standard InChI is InChI=1S/C18H17NO/c1-3-15-11-14-9-10-16(20-2)12-17(14)18(19-15)13-7-5-4-6-8-13/h4-12H,3H2,1-2H3. The van der Waals surface area contributed by atoms with Gasteiger partial charge in [0, 0.05) is 16.6 Å². The van der Waals surface area contributed by atoms with Gasteiger partial charge >= 0.3 is 0 Å². The molecule has 0 aliphatic rings. The van der Waals surface area contributed by atoms with E-state index in [1.54, 1.807) is 7.11 Å². The van der Waals surface area contributed by atoms with Crippen LogP contribution in [0.4, 0.5) is 0 Å². The summed E-state index contributed by atoms with van der Waals surface area (Å²) in [7, 11) is 1.69. The second kappa shape index (κ2) is 5.33. The minimum atomic E-state index is 0.862. The van der Waals surface area contributed by atoms with Crippen LogP contribution in [0.1, 0.15) is 12.6 Å². The summed E-state index contributed by atoms with van der Waals surface area (Å²) in [5.74, 6) is 0.862. The number of pyridine rings is 1. The second-order valence-electron chi connectivity index (χ2n) is 4.77. The predicted molar refractivity (Wildman–Crippen MR) is 83.1 cm³/mol. The number of methoxy groups -OCH3 is 1. The highest BCUT2D eigenvalue weighted by atomic mass is 16.5. The SMILES string of the molecule is CCc1cc2ccc(OC)cc2c(-c2ccccc2)n1. The van der Waals surface area contributed by atoms with E-state index in [0.717, 1.165) is 34.5 Å². The molecule has 2 nitrogen and oxygen atoms in total. The third-order valence-corrected chi connectivity index (χ3v) is 3.50. The molecule has 1 aromatic heterocycles. The molecular formula is C18H17NO. The van der Waals surface area contributed by atoms with Crippen LogP contribution in [-0.4, -0.2) is 12.1 Å². The Morgan fingerprint density at radius 1 is 1.00 bits per heavy atom. The van der Waals surface area contributed by atoms with Crippen LogP contribution in [-0.2, 0) is 6.42 Å². The molecule has 2 aromatic carbocycles. The Morgan fingerprint density at radius 2 is 1.80 bits per heavy atom. The fourth-order valence-corrected chi connectivity index (χ4v) is 2.41. The molecule has 0 saturated heterocycles. The molecule has 0 saturated carbocycles. The maximum Gasteiger partial charge on any atom is 0.119 e. The number of benzene rings is 2. The number of ether oxygens (including phenoxy) is 1. The molecule has 2 heteroatoms. The lowest BCUT2D eigenvalue weighted by molar-refractivity contribution is 0.415. The third-order valence-electron chi connectivity index (χ3n) is 3.50. The summed E-state index contributed by atoms with van der Waals surface area (Å²) in [5, 5.41) is 2.34. The summed E-state index contributed by atoms with van der Waals surface area (Å²) >= 11 is 0. The predicted octanol–water partition coefficient (Wildman–Crippen LogP) is 4.47. The summed E-state index contributed by atoms with van der Waals surface area (Å²) in [5.41, 5.74) is 3.28. The van der Waals surface area contributed by atoms with Gasteiger partial charge in [0.25, 0.3) is 0 Å². The molecule has 3 aromatic rings. The molecule has 0 unspecified atom stereocenters. The van der Waals surface area contributed by atoms with Crippen molar-refractivity contribution >= 4 is 10.8 Å². The van der Waals surface area contributed by atoms with Gasteiger partial charge in [0.2, 0.25) is 0 Å². The van der Waals surface area contributed by atoms with Crippen molar-refractivity contribution < 1.29 is 4.74 Å². The van der Waals surface area contributed by atoms with E-state index in [2.05, 4.69) is 37.3 Å². The quantitative estimate of drug-likeness (QED) is 0.695. The van der Waals surface area contributed by atoms with Gasteiger partial charge in [-0.15, -0.1) is 0 Å². The fraction of sp³-hybridized carbons (Fsp3) is 0.167. The monoisotopic (exact) mass is 263 g/mol. The van der Waals surface area contributed by atoms with E-state index in [4.69, 9.17) is 9.72 Å². The minimum absolute atomic E-state index is 0.862. The van der Waals surface area contributed by atoms with Crippen molar-refractivity contribution in [1.82, 2.24) is 4.98 Å². The first kappa shape index (κ1) is 12.7. The van der Waals surface area contributed by atoms with E-state index in [1.165, 1.54) is 5.39 Å². The highest BCUT2D eigenvalue weighted by molar-refractivity contribution is 5.95. The van der Waals surface area contributed by atoms with Crippen LogP contribution in [0.5, 0.6) is 5.75 Å². The zero-order chi connectivity index (χ0) is 13.9. The van der Waals surface area contributed by atoms with Gasteiger partial charge in [0.05, 0.1) is 12.8 Å². The molecule has 100 valence electrons. The van der Waals surface area contributed by atoms with Crippen LogP contribution in [0.2, 0.25) is 0 Å². The normalized spacial score (nSPS) is 10.7. The van der Waals surface area contributed by atoms with Crippen molar-refractivity contribution in [3.63, 3.8) is 0 Å². The maximum absolute atomic E-state index is 5.34. The Labute approximate surface area is 119 Å². The molecular weight excluding hydrogens is 246 g/mol. The Kier molecular flexibility index (Phi) is 3.38. The number of hydrogen-bond donors (Lipinski definition) is 0. The first-order valence-electron chi connectivity index (χ1n) is 6.85. The lowest BCUT2D eigenvalue weighted by Gasteiger charge is -2.10. The second-order valence-corrected chi connectivity index (χ2v) is 4.77. The number of hydrogen-bond acceptors (Lipinski definition) is 2. The maximum atomic E-state index is 5.34. The summed E-state index contributed by atoms with van der Waals surface area (Å²) in [6, 6.07) is 18.6. The van der Waals surface area contributed by atoms with Crippen molar-refractivity contribution in [2.75, 3.05) is 7.11 Å². The van der Waals surface area contributed by atoms with Crippen molar-refractivity contribution in [2.45, 2.75) is 13.3 Å². The Balaban J connectivity index is 2.32. The van der Waals surface area contributed by atoms with Gasteiger partial charge < -0.3 is 4.74 Å². The van der Waals surface area contributed by atoms with Crippen molar-refractivity contribution in [3.8, 4) is 17.0 Å². The average Bonchev–Trinajstić information content (AvgIpc) is 2.54. The molecule has 0 aliphatic heterocycles. The van der Waals surface area contributed by atoms with E-state index in [1.807, 2.05) is 24.3 Å². The van der Waals surface area contributed by atoms with Gasteiger partial charge in [-0.25, -0.2) is 0 Å². The van der Waals surface area contributed by atoms with Crippen molar-refractivity contribution in [2.24, 2.45) is 0 Å². The van der Waals surface area contributed by atoms with Crippen LogP contribution in [0.15, 0.2) is 54.6 Å². The average molecular weight is 263 g/mol. The number of aromatic nitrogens is 1. The molecule has 0 amide bonds. The van der Waals surface area contributed by atoms with Gasteiger partial charge in [0.1, 0.15) is 5.75 Å². The molecule has 3 rings (SSSR count). The number of fused-ring (bicyclic) bond motifs is 1. The van der Waals surface area contributed by atoms with Gasteiger partial charge in [-0.2, -0.15) is 0 Å². The van der Waals surface area contributed by atoms with Crippen molar-refractivity contribution in [3.05, 3.63) is 60.3 Å². The highest BCUT2D eigenvalue weighted by Gasteiger charge is 2.08. The van der Waals surface area contributed by atoms with Crippen molar-refractivity contribution in [1.29, 1.82) is 0 Å². The molecule has 1 heterocycles. The van der Waals surface area contributed by atoms with E-state index in [-0.39, 0.29) is 0 Å². The Hall–Kier alpha value is -2.35. The summed E-state index contributed by atoms with van der Waals surface area (Å²) in [6.07, 6.45) is 0.932. The molecule has 0 bridgehead atoms. The van der Waals surface area contributed by atoms with Gasteiger partial charge in [0.15, 0.2) is 0 Å². The molecule has 0 spiro atoms. The zero-order valence-electron chi connectivity index (χ0n) is 11.8. The van der Waals surface area contributed by atoms with Crippen LogP contribution in [0, 0.1) is 0 Å².